The van der Waals surface area contributed by atoms with Crippen LogP contribution in [0.1, 0.15) is 29.8 Å². The molecule has 0 saturated heterocycles. The zero-order valence-electron chi connectivity index (χ0n) is 11.2. The number of carbonyl (C=O) groups is 2. The van der Waals surface area contributed by atoms with Crippen molar-refractivity contribution >= 4 is 11.9 Å². The van der Waals surface area contributed by atoms with Gasteiger partial charge in [-0.2, -0.15) is 0 Å². The first kappa shape index (κ1) is 15.2. The number of carbonyl (C=O) groups excluding carboxylic acids is 1. The molecule has 0 spiro atoms. The number of hydrogen-bond donors (Lipinski definition) is 2. The molecule has 1 rings (SSSR count). The van der Waals surface area contributed by atoms with Gasteiger partial charge in [0.2, 0.25) is 0 Å². The van der Waals surface area contributed by atoms with Crippen LogP contribution in [-0.2, 0) is 11.4 Å². The third-order valence-corrected chi connectivity index (χ3v) is 2.58. The number of amides is 1. The van der Waals surface area contributed by atoms with Crippen molar-refractivity contribution in [1.82, 2.24) is 4.90 Å². The highest BCUT2D eigenvalue weighted by atomic mass is 16.4. The maximum Gasteiger partial charge on any atom is 0.323 e. The van der Waals surface area contributed by atoms with Gasteiger partial charge in [-0.1, -0.05) is 26.0 Å². The highest BCUT2D eigenvalue weighted by Crippen LogP contribution is 2.09. The van der Waals surface area contributed by atoms with E-state index in [9.17, 15) is 9.59 Å². The Morgan fingerprint density at radius 2 is 1.79 bits per heavy atom. The molecule has 1 aromatic rings. The van der Waals surface area contributed by atoms with Crippen molar-refractivity contribution in [3.63, 3.8) is 0 Å². The van der Waals surface area contributed by atoms with Crippen molar-refractivity contribution in [3.8, 4) is 0 Å². The lowest BCUT2D eigenvalue weighted by molar-refractivity contribution is -0.137. The molecule has 1 aromatic carbocycles. The lowest BCUT2D eigenvalue weighted by atomic mass is 10.1. The average molecular weight is 265 g/mol. The Morgan fingerprint density at radius 1 is 1.21 bits per heavy atom. The largest absolute Gasteiger partial charge is 0.480 e. The van der Waals surface area contributed by atoms with E-state index in [-0.39, 0.29) is 25.0 Å². The number of aliphatic carboxylic acids is 1. The first-order valence-corrected chi connectivity index (χ1v) is 6.15. The van der Waals surface area contributed by atoms with Crippen molar-refractivity contribution in [2.45, 2.75) is 20.5 Å². The molecular formula is C14H19NO4. The molecule has 0 aliphatic rings. The summed E-state index contributed by atoms with van der Waals surface area (Å²) in [6.07, 6.45) is 0. The minimum Gasteiger partial charge on any atom is -0.480 e. The van der Waals surface area contributed by atoms with Gasteiger partial charge < -0.3 is 15.1 Å². The molecule has 0 aromatic heterocycles. The van der Waals surface area contributed by atoms with Crippen LogP contribution in [0.15, 0.2) is 24.3 Å². The highest BCUT2D eigenvalue weighted by molar-refractivity contribution is 5.95. The average Bonchev–Trinajstić information content (AvgIpc) is 2.36. The molecular weight excluding hydrogens is 246 g/mol. The number of benzene rings is 1. The van der Waals surface area contributed by atoms with Crippen molar-refractivity contribution < 1.29 is 19.8 Å². The molecule has 104 valence electrons. The number of hydrogen-bond acceptors (Lipinski definition) is 3. The second-order valence-corrected chi connectivity index (χ2v) is 4.83. The van der Waals surface area contributed by atoms with Crippen LogP contribution in [-0.4, -0.2) is 40.1 Å². The van der Waals surface area contributed by atoms with E-state index in [1.807, 2.05) is 13.8 Å². The molecule has 19 heavy (non-hydrogen) atoms. The van der Waals surface area contributed by atoms with Crippen LogP contribution in [0.5, 0.6) is 0 Å². The van der Waals surface area contributed by atoms with E-state index in [0.29, 0.717) is 17.7 Å². The van der Waals surface area contributed by atoms with E-state index in [1.165, 1.54) is 4.90 Å². The molecule has 1 amide bonds. The van der Waals surface area contributed by atoms with Gasteiger partial charge >= 0.3 is 5.97 Å². The summed E-state index contributed by atoms with van der Waals surface area (Å²) in [6.45, 7) is 3.86. The normalized spacial score (nSPS) is 10.5. The molecule has 5 nitrogen and oxygen atoms in total. The quantitative estimate of drug-likeness (QED) is 0.814. The zero-order valence-corrected chi connectivity index (χ0v) is 11.2. The Kier molecular flexibility index (Phi) is 5.51. The zero-order chi connectivity index (χ0) is 14.4. The molecule has 0 unspecified atom stereocenters. The molecule has 0 atom stereocenters. The first-order valence-electron chi connectivity index (χ1n) is 6.15. The second-order valence-electron chi connectivity index (χ2n) is 4.83. The monoisotopic (exact) mass is 265 g/mol. The summed E-state index contributed by atoms with van der Waals surface area (Å²) in [5.74, 6) is -1.14. The summed E-state index contributed by atoms with van der Waals surface area (Å²) in [4.78, 5) is 24.3. The Morgan fingerprint density at radius 3 is 2.21 bits per heavy atom. The summed E-state index contributed by atoms with van der Waals surface area (Å²) in [5, 5.41) is 17.8. The molecule has 0 radical (unpaired) electrons. The molecule has 0 aliphatic heterocycles. The molecule has 0 saturated carbocycles. The molecule has 5 heteroatoms. The Balaban J connectivity index is 2.87. The lowest BCUT2D eigenvalue weighted by Crippen LogP contribution is -2.38. The van der Waals surface area contributed by atoms with Crippen LogP contribution in [0.2, 0.25) is 0 Å². The van der Waals surface area contributed by atoms with Crippen LogP contribution < -0.4 is 0 Å². The SMILES string of the molecule is CC(C)CN(CC(=O)O)C(=O)c1ccc(CO)cc1. The molecule has 0 bridgehead atoms. The summed E-state index contributed by atoms with van der Waals surface area (Å²) in [6, 6.07) is 6.51. The van der Waals surface area contributed by atoms with Crippen molar-refractivity contribution in [2.24, 2.45) is 5.92 Å². The van der Waals surface area contributed by atoms with Crippen LogP contribution in [0.4, 0.5) is 0 Å². The van der Waals surface area contributed by atoms with Crippen LogP contribution >= 0.6 is 0 Å². The van der Waals surface area contributed by atoms with E-state index in [2.05, 4.69) is 0 Å². The Labute approximate surface area is 112 Å². The van der Waals surface area contributed by atoms with Crippen molar-refractivity contribution in [3.05, 3.63) is 35.4 Å². The van der Waals surface area contributed by atoms with Gasteiger partial charge in [0.25, 0.3) is 5.91 Å². The van der Waals surface area contributed by atoms with E-state index >= 15 is 0 Å². The number of rotatable bonds is 6. The van der Waals surface area contributed by atoms with E-state index in [1.54, 1.807) is 24.3 Å². The van der Waals surface area contributed by atoms with Gasteiger partial charge in [-0.15, -0.1) is 0 Å². The van der Waals surface area contributed by atoms with Gasteiger partial charge in [0, 0.05) is 12.1 Å². The topological polar surface area (TPSA) is 77.8 Å². The maximum absolute atomic E-state index is 12.2. The number of carboxylic acid groups (broad SMARTS) is 1. The minimum atomic E-state index is -1.03. The number of aliphatic hydroxyl groups excluding tert-OH is 1. The summed E-state index contributed by atoms with van der Waals surface area (Å²) < 4.78 is 0. The minimum absolute atomic E-state index is 0.0840. The highest BCUT2D eigenvalue weighted by Gasteiger charge is 2.19. The molecule has 0 fully saturated rings. The maximum atomic E-state index is 12.2. The van der Waals surface area contributed by atoms with Gasteiger partial charge in [-0.25, -0.2) is 0 Å². The van der Waals surface area contributed by atoms with Gasteiger partial charge in [0.05, 0.1) is 6.61 Å². The standard InChI is InChI=1S/C14H19NO4/c1-10(2)7-15(8-13(17)18)14(19)12-5-3-11(9-16)4-6-12/h3-6,10,16H,7-9H2,1-2H3,(H,17,18). The van der Waals surface area contributed by atoms with E-state index in [4.69, 9.17) is 10.2 Å². The second kappa shape index (κ2) is 6.89. The van der Waals surface area contributed by atoms with Gasteiger partial charge in [-0.05, 0) is 23.6 Å². The van der Waals surface area contributed by atoms with Crippen LogP contribution in [0.25, 0.3) is 0 Å². The summed E-state index contributed by atoms with van der Waals surface area (Å²) in [7, 11) is 0. The molecule has 0 aliphatic carbocycles. The number of carboxylic acids is 1. The Hall–Kier alpha value is -1.88. The first-order chi connectivity index (χ1) is 8.93. The van der Waals surface area contributed by atoms with E-state index in [0.717, 1.165) is 0 Å². The Bertz CT molecular complexity index is 439. The smallest absolute Gasteiger partial charge is 0.323 e. The van der Waals surface area contributed by atoms with Gasteiger partial charge in [-0.3, -0.25) is 9.59 Å². The summed E-state index contributed by atoms with van der Waals surface area (Å²) in [5.41, 5.74) is 1.14. The number of aliphatic hydroxyl groups is 1. The predicted molar refractivity (Wildman–Crippen MR) is 70.7 cm³/mol. The van der Waals surface area contributed by atoms with Gasteiger partial charge in [0.15, 0.2) is 0 Å². The molecule has 2 N–H and O–H groups in total. The fourth-order valence-corrected chi connectivity index (χ4v) is 1.76. The van der Waals surface area contributed by atoms with Crippen molar-refractivity contribution in [1.29, 1.82) is 0 Å². The van der Waals surface area contributed by atoms with Crippen LogP contribution in [0, 0.1) is 5.92 Å². The number of nitrogens with zero attached hydrogens (tertiary/aromatic N) is 1. The van der Waals surface area contributed by atoms with Crippen molar-refractivity contribution in [2.75, 3.05) is 13.1 Å². The molecule has 0 heterocycles. The third kappa shape index (κ3) is 4.71. The van der Waals surface area contributed by atoms with Gasteiger partial charge in [0.1, 0.15) is 6.54 Å². The fourth-order valence-electron chi connectivity index (χ4n) is 1.76. The predicted octanol–water partition coefficient (Wildman–Crippen LogP) is 1.36. The lowest BCUT2D eigenvalue weighted by Gasteiger charge is -2.22. The van der Waals surface area contributed by atoms with Crippen LogP contribution in [0.3, 0.4) is 0 Å². The third-order valence-electron chi connectivity index (χ3n) is 2.58. The fraction of sp³-hybridized carbons (Fsp3) is 0.429. The summed E-state index contributed by atoms with van der Waals surface area (Å²) >= 11 is 0. The van der Waals surface area contributed by atoms with E-state index < -0.39 is 5.97 Å².